The highest BCUT2D eigenvalue weighted by Crippen LogP contribution is 2.22. The number of aromatic nitrogens is 2. The highest BCUT2D eigenvalue weighted by Gasteiger charge is 2.11. The minimum Gasteiger partial charge on any atom is -0.419 e. The summed E-state index contributed by atoms with van der Waals surface area (Å²) in [4.78, 5) is 10.1. The molecule has 0 bridgehead atoms. The van der Waals surface area contributed by atoms with E-state index in [0.29, 0.717) is 17.1 Å². The quantitative estimate of drug-likeness (QED) is 0.552. The van der Waals surface area contributed by atoms with Gasteiger partial charge < -0.3 is 9.73 Å². The second-order valence-electron chi connectivity index (χ2n) is 4.79. The third kappa shape index (κ3) is 3.49. The highest BCUT2D eigenvalue weighted by molar-refractivity contribution is 6.31. The Labute approximate surface area is 140 Å². The van der Waals surface area contributed by atoms with Crippen molar-refractivity contribution in [3.63, 3.8) is 0 Å². The molecule has 0 aliphatic heterocycles. The molecule has 0 aliphatic rings. The normalized spacial score (nSPS) is 10.6. The average molecular weight is 349 g/mol. The van der Waals surface area contributed by atoms with Crippen molar-refractivity contribution in [2.75, 3.05) is 5.32 Å². The van der Waals surface area contributed by atoms with Gasteiger partial charge in [0.2, 0.25) is 11.8 Å². The van der Waals surface area contributed by atoms with Gasteiger partial charge in [0.1, 0.15) is 5.82 Å². The molecule has 0 spiro atoms. The van der Waals surface area contributed by atoms with E-state index in [1.807, 2.05) is 0 Å². The Morgan fingerprint density at radius 1 is 1.21 bits per heavy atom. The van der Waals surface area contributed by atoms with Crippen molar-refractivity contribution in [3.8, 4) is 11.5 Å². The topological polar surface area (TPSA) is 94.1 Å². The molecule has 7 nitrogen and oxygen atoms in total. The highest BCUT2D eigenvalue weighted by atomic mass is 35.5. The Balaban J connectivity index is 1.68. The number of benzene rings is 2. The van der Waals surface area contributed by atoms with Crippen molar-refractivity contribution in [3.05, 3.63) is 69.3 Å². The molecule has 0 unspecified atom stereocenters. The second-order valence-corrected chi connectivity index (χ2v) is 5.19. The third-order valence-electron chi connectivity index (χ3n) is 3.16. The van der Waals surface area contributed by atoms with Crippen molar-refractivity contribution < 1.29 is 13.7 Å². The molecule has 0 aliphatic carbocycles. The van der Waals surface area contributed by atoms with Gasteiger partial charge in [-0.2, -0.15) is 0 Å². The van der Waals surface area contributed by atoms with Gasteiger partial charge in [0, 0.05) is 23.4 Å². The summed E-state index contributed by atoms with van der Waals surface area (Å²) in [6.45, 7) is 0.224. The SMILES string of the molecule is O=[N+]([O-])c1ccc(-c2nnc(CNc3ccc(F)c(Cl)c3)o2)cc1. The van der Waals surface area contributed by atoms with Crippen LogP contribution in [0.2, 0.25) is 5.02 Å². The van der Waals surface area contributed by atoms with E-state index in [9.17, 15) is 14.5 Å². The zero-order chi connectivity index (χ0) is 17.1. The Bertz CT molecular complexity index is 883. The summed E-state index contributed by atoms with van der Waals surface area (Å²) in [5.74, 6) is 0.0584. The Morgan fingerprint density at radius 2 is 1.96 bits per heavy atom. The van der Waals surface area contributed by atoms with Crippen molar-refractivity contribution in [1.82, 2.24) is 10.2 Å². The van der Waals surface area contributed by atoms with Crippen LogP contribution in [0.15, 0.2) is 46.9 Å². The van der Waals surface area contributed by atoms with E-state index in [4.69, 9.17) is 16.0 Å². The van der Waals surface area contributed by atoms with Gasteiger partial charge in [-0.25, -0.2) is 4.39 Å². The number of nitro groups is 1. The summed E-state index contributed by atoms with van der Waals surface area (Å²) in [6.07, 6.45) is 0. The number of halogens is 2. The molecule has 1 heterocycles. The number of hydrogen-bond donors (Lipinski definition) is 1. The van der Waals surface area contributed by atoms with Gasteiger partial charge in [-0.05, 0) is 30.3 Å². The molecule has 122 valence electrons. The summed E-state index contributed by atoms with van der Waals surface area (Å²) >= 11 is 5.70. The fourth-order valence-corrected chi connectivity index (χ4v) is 2.13. The maximum atomic E-state index is 13.1. The van der Waals surface area contributed by atoms with Gasteiger partial charge in [0.15, 0.2) is 0 Å². The lowest BCUT2D eigenvalue weighted by Gasteiger charge is -2.04. The molecule has 1 aromatic heterocycles. The first-order valence-electron chi connectivity index (χ1n) is 6.79. The summed E-state index contributed by atoms with van der Waals surface area (Å²) in [5, 5.41) is 21.4. The van der Waals surface area contributed by atoms with E-state index in [-0.39, 0.29) is 23.1 Å². The van der Waals surface area contributed by atoms with E-state index in [1.54, 1.807) is 0 Å². The molecular weight excluding hydrogens is 339 g/mol. The smallest absolute Gasteiger partial charge is 0.269 e. The number of rotatable bonds is 5. The van der Waals surface area contributed by atoms with Crippen LogP contribution in [0, 0.1) is 15.9 Å². The van der Waals surface area contributed by atoms with Crippen LogP contribution in [-0.4, -0.2) is 15.1 Å². The predicted octanol–water partition coefficient (Wildman–Crippen LogP) is 4.05. The summed E-state index contributed by atoms with van der Waals surface area (Å²) in [5.41, 5.74) is 1.16. The van der Waals surface area contributed by atoms with Gasteiger partial charge in [-0.15, -0.1) is 10.2 Å². The molecule has 9 heteroatoms. The van der Waals surface area contributed by atoms with Crippen LogP contribution in [-0.2, 0) is 6.54 Å². The minimum atomic E-state index is -0.500. The van der Waals surface area contributed by atoms with Crippen LogP contribution in [0.25, 0.3) is 11.5 Å². The molecule has 0 saturated carbocycles. The van der Waals surface area contributed by atoms with Crippen molar-refractivity contribution >= 4 is 23.0 Å². The van der Waals surface area contributed by atoms with Crippen molar-refractivity contribution in [2.45, 2.75) is 6.54 Å². The molecule has 0 radical (unpaired) electrons. The van der Waals surface area contributed by atoms with E-state index in [1.165, 1.54) is 42.5 Å². The van der Waals surface area contributed by atoms with E-state index in [0.717, 1.165) is 0 Å². The van der Waals surface area contributed by atoms with E-state index in [2.05, 4.69) is 15.5 Å². The summed E-state index contributed by atoms with van der Waals surface area (Å²) in [6, 6.07) is 10.0. The van der Waals surface area contributed by atoms with Crippen LogP contribution in [0.3, 0.4) is 0 Å². The fourth-order valence-electron chi connectivity index (χ4n) is 1.95. The van der Waals surface area contributed by atoms with Crippen LogP contribution in [0.5, 0.6) is 0 Å². The van der Waals surface area contributed by atoms with Crippen LogP contribution in [0.4, 0.5) is 15.8 Å². The first-order valence-corrected chi connectivity index (χ1v) is 7.17. The lowest BCUT2D eigenvalue weighted by molar-refractivity contribution is -0.384. The molecule has 0 atom stereocenters. The van der Waals surface area contributed by atoms with Crippen molar-refractivity contribution in [2.24, 2.45) is 0 Å². The molecular formula is C15H10ClFN4O3. The number of nitrogens with one attached hydrogen (secondary N) is 1. The van der Waals surface area contributed by atoms with E-state index < -0.39 is 10.7 Å². The molecule has 0 saturated heterocycles. The lowest BCUT2D eigenvalue weighted by atomic mass is 10.2. The lowest BCUT2D eigenvalue weighted by Crippen LogP contribution is -1.99. The third-order valence-corrected chi connectivity index (χ3v) is 3.44. The number of hydrogen-bond acceptors (Lipinski definition) is 6. The molecule has 0 amide bonds. The maximum Gasteiger partial charge on any atom is 0.269 e. The predicted molar refractivity (Wildman–Crippen MR) is 85.1 cm³/mol. The van der Waals surface area contributed by atoms with Crippen LogP contribution < -0.4 is 5.32 Å². The molecule has 0 fully saturated rings. The molecule has 24 heavy (non-hydrogen) atoms. The molecule has 3 aromatic rings. The minimum absolute atomic E-state index is 0.0112. The molecule has 2 aromatic carbocycles. The molecule has 1 N–H and O–H groups in total. The first kappa shape index (κ1) is 15.9. The summed E-state index contributed by atoms with van der Waals surface area (Å²) < 4.78 is 18.6. The van der Waals surface area contributed by atoms with Crippen LogP contribution in [0.1, 0.15) is 5.89 Å². The monoisotopic (exact) mass is 348 g/mol. The summed E-state index contributed by atoms with van der Waals surface area (Å²) in [7, 11) is 0. The van der Waals surface area contributed by atoms with Gasteiger partial charge in [0.05, 0.1) is 16.5 Å². The zero-order valence-electron chi connectivity index (χ0n) is 12.1. The largest absolute Gasteiger partial charge is 0.419 e. The van der Waals surface area contributed by atoms with Gasteiger partial charge >= 0.3 is 0 Å². The Kier molecular flexibility index (Phi) is 4.39. The standard InChI is InChI=1S/C15H10ClFN4O3/c16-12-7-10(3-6-13(12)17)18-8-14-19-20-15(24-14)9-1-4-11(5-2-9)21(22)23/h1-7,18H,8H2. The van der Waals surface area contributed by atoms with Gasteiger partial charge in [-0.3, -0.25) is 10.1 Å². The maximum absolute atomic E-state index is 13.1. The van der Waals surface area contributed by atoms with E-state index >= 15 is 0 Å². The number of anilines is 1. The van der Waals surface area contributed by atoms with Crippen LogP contribution >= 0.6 is 11.6 Å². The van der Waals surface area contributed by atoms with Crippen molar-refractivity contribution in [1.29, 1.82) is 0 Å². The fraction of sp³-hybridized carbons (Fsp3) is 0.0667. The Morgan fingerprint density at radius 3 is 2.62 bits per heavy atom. The average Bonchev–Trinajstić information content (AvgIpc) is 3.05. The number of nitrogens with zero attached hydrogens (tertiary/aromatic N) is 3. The molecule has 3 rings (SSSR count). The first-order chi connectivity index (χ1) is 11.5. The number of non-ortho nitro benzene ring substituents is 1. The Hall–Kier alpha value is -3.00. The van der Waals surface area contributed by atoms with Gasteiger partial charge in [-0.1, -0.05) is 11.6 Å². The number of nitro benzene ring substituents is 1. The zero-order valence-corrected chi connectivity index (χ0v) is 12.8. The van der Waals surface area contributed by atoms with Gasteiger partial charge in [0.25, 0.3) is 5.69 Å². The second kappa shape index (κ2) is 6.63.